The number of esters is 1. The number of amides is 1. The van der Waals surface area contributed by atoms with Gasteiger partial charge in [-0.05, 0) is 61.2 Å². The molecular formula is C33H36FNO6. The van der Waals surface area contributed by atoms with Gasteiger partial charge < -0.3 is 24.2 Å². The van der Waals surface area contributed by atoms with E-state index in [-0.39, 0.29) is 31.0 Å². The number of hydrogen-bond acceptors (Lipinski definition) is 6. The zero-order valence-corrected chi connectivity index (χ0v) is 23.2. The molecule has 1 fully saturated rings. The lowest BCUT2D eigenvalue weighted by Crippen LogP contribution is -2.55. The van der Waals surface area contributed by atoms with Gasteiger partial charge in [-0.1, -0.05) is 56.3 Å². The highest BCUT2D eigenvalue weighted by Gasteiger charge is 2.49. The van der Waals surface area contributed by atoms with Crippen LogP contribution in [0.15, 0.2) is 85.5 Å². The quantitative estimate of drug-likeness (QED) is 0.101. The first-order valence-electron chi connectivity index (χ1n) is 13.9. The van der Waals surface area contributed by atoms with Crippen LogP contribution in [0.1, 0.15) is 55.9 Å². The third kappa shape index (κ3) is 7.52. The minimum atomic E-state index is -0.827. The third-order valence-electron chi connectivity index (χ3n) is 7.03. The maximum atomic E-state index is 13.5. The van der Waals surface area contributed by atoms with E-state index in [1.54, 1.807) is 29.2 Å². The molecule has 8 heteroatoms. The Bertz CT molecular complexity index is 1310. The Morgan fingerprint density at radius 3 is 2.56 bits per heavy atom. The molecule has 3 atom stereocenters. The van der Waals surface area contributed by atoms with Crippen LogP contribution in [-0.4, -0.2) is 36.8 Å². The molecule has 3 aromatic carbocycles. The normalized spacial score (nSPS) is 17.0. The molecular weight excluding hydrogens is 525 g/mol. The topological polar surface area (TPSA) is 85.3 Å². The van der Waals surface area contributed by atoms with Crippen molar-refractivity contribution >= 4 is 17.6 Å². The van der Waals surface area contributed by atoms with E-state index in [1.807, 2.05) is 36.4 Å². The largest absolute Gasteiger partial charge is 0.493 e. The summed E-state index contributed by atoms with van der Waals surface area (Å²) < 4.78 is 30.2. The number of carbonyl (C=O) groups excluding carboxylic acids is 2. The summed E-state index contributed by atoms with van der Waals surface area (Å²) in [5.41, 5.74) is 2.18. The fraction of sp³-hybridized carbons (Fsp3) is 0.333. The Morgan fingerprint density at radius 2 is 1.85 bits per heavy atom. The number of β-lactam (4-membered cyclic amide) rings is 1. The Hall–Kier alpha value is -4.17. The van der Waals surface area contributed by atoms with Crippen molar-refractivity contribution in [1.82, 2.24) is 0 Å². The standard InChI is InChI=1S/C33H36FNO6/c1-3-5-20-39-30-21-26(41-22-31(37)40-19-4-2)15-16-27(30)32-28(33(38)35(32)25-9-7-6-8-10-25)17-18-29(36)23-11-13-24(34)14-12-23/h4,6-16,21,28-29,32,36H,2-3,5,17-20,22H2,1H3/t28-,29+,32-/m1/s1. The second kappa shape index (κ2) is 14.5. The number of ether oxygens (including phenoxy) is 3. The maximum Gasteiger partial charge on any atom is 0.344 e. The van der Waals surface area contributed by atoms with Crippen LogP contribution in [0, 0.1) is 11.7 Å². The number of hydrogen-bond donors (Lipinski definition) is 1. The van der Waals surface area contributed by atoms with Gasteiger partial charge in [-0.15, -0.1) is 0 Å². The van der Waals surface area contributed by atoms with Gasteiger partial charge in [-0.25, -0.2) is 9.18 Å². The first kappa shape index (κ1) is 29.8. The molecule has 0 radical (unpaired) electrons. The van der Waals surface area contributed by atoms with E-state index < -0.39 is 18.0 Å². The van der Waals surface area contributed by atoms with E-state index in [2.05, 4.69) is 13.5 Å². The molecule has 0 bridgehead atoms. The molecule has 0 unspecified atom stereocenters. The predicted molar refractivity (Wildman–Crippen MR) is 154 cm³/mol. The van der Waals surface area contributed by atoms with Crippen molar-refractivity contribution in [2.24, 2.45) is 5.92 Å². The van der Waals surface area contributed by atoms with Gasteiger partial charge in [0, 0.05) is 17.3 Å². The van der Waals surface area contributed by atoms with Gasteiger partial charge in [0.2, 0.25) is 5.91 Å². The highest BCUT2D eigenvalue weighted by Crippen LogP contribution is 2.49. The van der Waals surface area contributed by atoms with Gasteiger partial charge in [0.15, 0.2) is 6.61 Å². The average molecular weight is 562 g/mol. The van der Waals surface area contributed by atoms with E-state index in [4.69, 9.17) is 14.2 Å². The number of anilines is 1. The van der Waals surface area contributed by atoms with Crippen molar-refractivity contribution in [1.29, 1.82) is 0 Å². The first-order valence-corrected chi connectivity index (χ1v) is 13.9. The van der Waals surface area contributed by atoms with E-state index in [0.717, 1.165) is 24.1 Å². The predicted octanol–water partition coefficient (Wildman–Crippen LogP) is 6.33. The molecule has 1 aliphatic rings. The van der Waals surface area contributed by atoms with E-state index in [1.165, 1.54) is 18.2 Å². The zero-order chi connectivity index (χ0) is 29.2. The number of carbonyl (C=O) groups is 2. The van der Waals surface area contributed by atoms with Crippen LogP contribution in [0.3, 0.4) is 0 Å². The number of para-hydroxylation sites is 1. The molecule has 7 nitrogen and oxygen atoms in total. The Balaban J connectivity index is 1.59. The average Bonchev–Trinajstić information content (AvgIpc) is 2.99. The minimum Gasteiger partial charge on any atom is -0.493 e. The van der Waals surface area contributed by atoms with Gasteiger partial charge in [0.25, 0.3) is 0 Å². The molecule has 1 N–H and O–H groups in total. The highest BCUT2D eigenvalue weighted by atomic mass is 19.1. The van der Waals surface area contributed by atoms with Crippen LogP contribution in [0.25, 0.3) is 0 Å². The summed E-state index contributed by atoms with van der Waals surface area (Å²) >= 11 is 0. The smallest absolute Gasteiger partial charge is 0.344 e. The molecule has 4 rings (SSSR count). The molecule has 0 aliphatic carbocycles. The maximum absolute atomic E-state index is 13.5. The number of rotatable bonds is 15. The van der Waals surface area contributed by atoms with Crippen molar-refractivity contribution < 1.29 is 33.3 Å². The minimum absolute atomic E-state index is 0.0442. The second-order valence-electron chi connectivity index (χ2n) is 9.90. The molecule has 0 spiro atoms. The lowest BCUT2D eigenvalue weighted by Gasteiger charge is -2.48. The zero-order valence-electron chi connectivity index (χ0n) is 23.2. The Kier molecular flexibility index (Phi) is 10.5. The van der Waals surface area contributed by atoms with Crippen molar-refractivity contribution in [3.63, 3.8) is 0 Å². The summed E-state index contributed by atoms with van der Waals surface area (Å²) in [7, 11) is 0. The molecule has 41 heavy (non-hydrogen) atoms. The van der Waals surface area contributed by atoms with Crippen molar-refractivity contribution in [2.75, 3.05) is 24.7 Å². The third-order valence-corrected chi connectivity index (χ3v) is 7.03. The lowest BCUT2D eigenvalue weighted by molar-refractivity contribution is -0.144. The summed E-state index contributed by atoms with van der Waals surface area (Å²) in [6.07, 6.45) is 3.21. The van der Waals surface area contributed by atoms with Crippen LogP contribution >= 0.6 is 0 Å². The number of unbranched alkanes of at least 4 members (excludes halogenated alkanes) is 1. The van der Waals surface area contributed by atoms with Crippen molar-refractivity contribution in [3.05, 3.63) is 102 Å². The number of halogens is 1. The van der Waals surface area contributed by atoms with Gasteiger partial charge >= 0.3 is 5.97 Å². The lowest BCUT2D eigenvalue weighted by atomic mass is 9.78. The molecule has 3 aromatic rings. The Labute approximate surface area is 240 Å². The summed E-state index contributed by atoms with van der Waals surface area (Å²) in [6.45, 7) is 5.93. The number of benzene rings is 3. The summed E-state index contributed by atoms with van der Waals surface area (Å²) in [4.78, 5) is 27.2. The SMILES string of the molecule is C=CCOC(=O)COc1ccc([C@@H]2[C@@H](CC[C@H](O)c3ccc(F)cc3)C(=O)N2c2ccccc2)c(OCCCC)c1. The number of nitrogens with zero attached hydrogens (tertiary/aromatic N) is 1. The monoisotopic (exact) mass is 561 g/mol. The molecule has 1 aliphatic heterocycles. The fourth-order valence-corrected chi connectivity index (χ4v) is 4.89. The van der Waals surface area contributed by atoms with Crippen molar-refractivity contribution in [3.8, 4) is 11.5 Å². The van der Waals surface area contributed by atoms with Gasteiger partial charge in [0.05, 0.1) is 24.7 Å². The van der Waals surface area contributed by atoms with Crippen LogP contribution in [0.4, 0.5) is 10.1 Å². The summed E-state index contributed by atoms with van der Waals surface area (Å²) in [5.74, 6) is -0.321. The van der Waals surface area contributed by atoms with Crippen LogP contribution in [0.5, 0.6) is 11.5 Å². The van der Waals surface area contributed by atoms with E-state index >= 15 is 0 Å². The van der Waals surface area contributed by atoms with Gasteiger partial charge in [-0.3, -0.25) is 4.79 Å². The molecule has 1 saturated heterocycles. The molecule has 0 aromatic heterocycles. The number of aliphatic hydroxyl groups excluding tert-OH is 1. The highest BCUT2D eigenvalue weighted by molar-refractivity contribution is 6.03. The van der Waals surface area contributed by atoms with Crippen molar-refractivity contribution in [2.45, 2.75) is 44.8 Å². The molecule has 1 heterocycles. The number of aliphatic hydroxyl groups is 1. The molecule has 0 saturated carbocycles. The first-order chi connectivity index (χ1) is 19.9. The molecule has 1 amide bonds. The van der Waals surface area contributed by atoms with Crippen LogP contribution in [0.2, 0.25) is 0 Å². The van der Waals surface area contributed by atoms with Crippen LogP contribution < -0.4 is 14.4 Å². The fourth-order valence-electron chi connectivity index (χ4n) is 4.89. The second-order valence-corrected chi connectivity index (χ2v) is 9.90. The summed E-state index contributed by atoms with van der Waals surface area (Å²) in [5, 5.41) is 10.8. The van der Waals surface area contributed by atoms with E-state index in [0.29, 0.717) is 36.5 Å². The van der Waals surface area contributed by atoms with Gasteiger partial charge in [0.1, 0.15) is 23.9 Å². The van der Waals surface area contributed by atoms with E-state index in [9.17, 15) is 19.1 Å². The molecule has 216 valence electrons. The Morgan fingerprint density at radius 1 is 1.10 bits per heavy atom. The van der Waals surface area contributed by atoms with Gasteiger partial charge in [-0.2, -0.15) is 0 Å². The summed E-state index contributed by atoms with van der Waals surface area (Å²) in [6, 6.07) is 20.2. The van der Waals surface area contributed by atoms with Crippen LogP contribution in [-0.2, 0) is 14.3 Å².